The van der Waals surface area contributed by atoms with Gasteiger partial charge in [-0.3, -0.25) is 9.69 Å². The standard InChI is InChI=1S/C12H19N3O/c1-3-6-10(13)9-12(16)15(2)11-7-4-5-8-14-11/h4-5,7-8,10H,3,6,9,13H2,1-2H3. The molecule has 4 nitrogen and oxygen atoms in total. The number of carbonyl (C=O) groups excluding carboxylic acids is 1. The summed E-state index contributed by atoms with van der Waals surface area (Å²) >= 11 is 0. The molecule has 1 aromatic rings. The van der Waals surface area contributed by atoms with Crippen LogP contribution in [0.1, 0.15) is 26.2 Å². The van der Waals surface area contributed by atoms with Gasteiger partial charge in [0.05, 0.1) is 0 Å². The molecule has 0 aliphatic rings. The third kappa shape index (κ3) is 3.62. The van der Waals surface area contributed by atoms with Crippen molar-refractivity contribution in [1.29, 1.82) is 0 Å². The number of aromatic nitrogens is 1. The van der Waals surface area contributed by atoms with Gasteiger partial charge in [0.1, 0.15) is 5.82 Å². The monoisotopic (exact) mass is 221 g/mol. The molecular weight excluding hydrogens is 202 g/mol. The number of pyridine rings is 1. The van der Waals surface area contributed by atoms with Gasteiger partial charge in [-0.1, -0.05) is 19.4 Å². The molecule has 1 rings (SSSR count). The van der Waals surface area contributed by atoms with Crippen LogP contribution in [0.25, 0.3) is 0 Å². The zero-order valence-corrected chi connectivity index (χ0v) is 9.89. The average molecular weight is 221 g/mol. The van der Waals surface area contributed by atoms with Crippen molar-refractivity contribution in [3.05, 3.63) is 24.4 Å². The second-order valence-electron chi connectivity index (χ2n) is 3.89. The zero-order valence-electron chi connectivity index (χ0n) is 9.89. The summed E-state index contributed by atoms with van der Waals surface area (Å²) in [6.45, 7) is 2.06. The fraction of sp³-hybridized carbons (Fsp3) is 0.500. The summed E-state index contributed by atoms with van der Waals surface area (Å²) in [7, 11) is 1.73. The van der Waals surface area contributed by atoms with Gasteiger partial charge in [-0.2, -0.15) is 0 Å². The van der Waals surface area contributed by atoms with E-state index in [9.17, 15) is 4.79 Å². The third-order valence-corrected chi connectivity index (χ3v) is 2.46. The van der Waals surface area contributed by atoms with Crippen molar-refractivity contribution in [2.24, 2.45) is 5.73 Å². The molecule has 0 aliphatic heterocycles. The lowest BCUT2D eigenvalue weighted by molar-refractivity contribution is -0.118. The van der Waals surface area contributed by atoms with Crippen molar-refractivity contribution in [3.63, 3.8) is 0 Å². The van der Waals surface area contributed by atoms with Crippen LogP contribution in [0.5, 0.6) is 0 Å². The molecule has 0 bridgehead atoms. The molecule has 0 aliphatic carbocycles. The summed E-state index contributed by atoms with van der Waals surface area (Å²) < 4.78 is 0. The summed E-state index contributed by atoms with van der Waals surface area (Å²) in [6, 6.07) is 5.44. The topological polar surface area (TPSA) is 59.2 Å². The molecule has 88 valence electrons. The van der Waals surface area contributed by atoms with Crippen molar-refractivity contribution >= 4 is 11.7 Å². The van der Waals surface area contributed by atoms with Crippen LogP contribution in [0.2, 0.25) is 0 Å². The number of nitrogens with zero attached hydrogens (tertiary/aromatic N) is 2. The van der Waals surface area contributed by atoms with Crippen LogP contribution in [0.15, 0.2) is 24.4 Å². The van der Waals surface area contributed by atoms with Gasteiger partial charge in [0.25, 0.3) is 0 Å². The molecule has 0 fully saturated rings. The molecule has 0 radical (unpaired) electrons. The van der Waals surface area contributed by atoms with E-state index < -0.39 is 0 Å². The fourth-order valence-corrected chi connectivity index (χ4v) is 1.51. The predicted molar refractivity (Wildman–Crippen MR) is 65.1 cm³/mol. The maximum absolute atomic E-state index is 11.8. The Morgan fingerprint density at radius 2 is 2.31 bits per heavy atom. The molecule has 1 heterocycles. The van der Waals surface area contributed by atoms with Gasteiger partial charge in [-0.05, 0) is 18.6 Å². The quantitative estimate of drug-likeness (QED) is 0.821. The largest absolute Gasteiger partial charge is 0.327 e. The van der Waals surface area contributed by atoms with Crippen LogP contribution < -0.4 is 10.6 Å². The summed E-state index contributed by atoms with van der Waals surface area (Å²) in [6.07, 6.45) is 3.93. The van der Waals surface area contributed by atoms with Crippen LogP contribution in [-0.4, -0.2) is 24.0 Å². The molecule has 1 amide bonds. The summed E-state index contributed by atoms with van der Waals surface area (Å²) in [4.78, 5) is 17.5. The van der Waals surface area contributed by atoms with Crippen molar-refractivity contribution in [1.82, 2.24) is 4.98 Å². The van der Waals surface area contributed by atoms with Gasteiger partial charge < -0.3 is 5.73 Å². The average Bonchev–Trinajstić information content (AvgIpc) is 2.29. The molecule has 1 aromatic heterocycles. The Morgan fingerprint density at radius 1 is 1.56 bits per heavy atom. The molecule has 0 spiro atoms. The third-order valence-electron chi connectivity index (χ3n) is 2.46. The highest BCUT2D eigenvalue weighted by atomic mass is 16.2. The molecule has 2 N–H and O–H groups in total. The van der Waals surface area contributed by atoms with E-state index in [1.807, 2.05) is 18.2 Å². The van der Waals surface area contributed by atoms with Gasteiger partial charge in [-0.25, -0.2) is 4.98 Å². The van der Waals surface area contributed by atoms with Gasteiger partial charge in [0, 0.05) is 25.7 Å². The van der Waals surface area contributed by atoms with Crippen LogP contribution in [0.3, 0.4) is 0 Å². The number of hydrogen-bond donors (Lipinski definition) is 1. The molecule has 0 saturated carbocycles. The first-order valence-electron chi connectivity index (χ1n) is 5.58. The minimum absolute atomic E-state index is 0.0136. The molecule has 0 aromatic carbocycles. The highest BCUT2D eigenvalue weighted by molar-refractivity contribution is 5.92. The van der Waals surface area contributed by atoms with Crippen LogP contribution in [-0.2, 0) is 4.79 Å². The SMILES string of the molecule is CCCC(N)CC(=O)N(C)c1ccccn1. The van der Waals surface area contributed by atoms with Crippen molar-refractivity contribution in [3.8, 4) is 0 Å². The highest BCUT2D eigenvalue weighted by Crippen LogP contribution is 2.09. The van der Waals surface area contributed by atoms with E-state index in [-0.39, 0.29) is 11.9 Å². The lowest BCUT2D eigenvalue weighted by Crippen LogP contribution is -2.33. The fourth-order valence-electron chi connectivity index (χ4n) is 1.51. The Labute approximate surface area is 96.5 Å². The van der Waals surface area contributed by atoms with E-state index in [1.54, 1.807) is 18.1 Å². The number of nitrogens with two attached hydrogens (primary N) is 1. The van der Waals surface area contributed by atoms with Crippen molar-refractivity contribution in [2.75, 3.05) is 11.9 Å². The molecule has 1 atom stereocenters. The zero-order chi connectivity index (χ0) is 12.0. The van der Waals surface area contributed by atoms with E-state index in [4.69, 9.17) is 5.73 Å². The van der Waals surface area contributed by atoms with Crippen molar-refractivity contribution in [2.45, 2.75) is 32.2 Å². The number of hydrogen-bond acceptors (Lipinski definition) is 3. The normalized spacial score (nSPS) is 12.2. The lowest BCUT2D eigenvalue weighted by atomic mass is 10.1. The number of carbonyl (C=O) groups is 1. The first kappa shape index (κ1) is 12.6. The van der Waals surface area contributed by atoms with E-state index in [1.165, 1.54) is 0 Å². The van der Waals surface area contributed by atoms with E-state index in [0.717, 1.165) is 12.8 Å². The van der Waals surface area contributed by atoms with Gasteiger partial charge >= 0.3 is 0 Å². The first-order chi connectivity index (χ1) is 7.65. The Morgan fingerprint density at radius 3 is 2.88 bits per heavy atom. The number of amides is 1. The maximum atomic E-state index is 11.8. The highest BCUT2D eigenvalue weighted by Gasteiger charge is 2.14. The number of rotatable bonds is 5. The predicted octanol–water partition coefficient (Wildman–Crippen LogP) is 1.56. The van der Waals surface area contributed by atoms with Gasteiger partial charge in [0.15, 0.2) is 0 Å². The molecule has 4 heteroatoms. The number of anilines is 1. The maximum Gasteiger partial charge on any atom is 0.229 e. The molecule has 16 heavy (non-hydrogen) atoms. The molecular formula is C12H19N3O. The lowest BCUT2D eigenvalue weighted by Gasteiger charge is -2.18. The Hall–Kier alpha value is -1.42. The smallest absolute Gasteiger partial charge is 0.229 e. The minimum Gasteiger partial charge on any atom is -0.327 e. The Bertz CT molecular complexity index is 326. The van der Waals surface area contributed by atoms with Crippen LogP contribution in [0, 0.1) is 0 Å². The Kier molecular flexibility index (Phi) is 4.92. The second kappa shape index (κ2) is 6.23. The summed E-state index contributed by atoms with van der Waals surface area (Å²) in [5, 5.41) is 0. The van der Waals surface area contributed by atoms with Gasteiger partial charge in [0.2, 0.25) is 5.91 Å². The van der Waals surface area contributed by atoms with E-state index in [2.05, 4.69) is 11.9 Å². The van der Waals surface area contributed by atoms with E-state index in [0.29, 0.717) is 12.2 Å². The first-order valence-corrected chi connectivity index (χ1v) is 5.58. The van der Waals surface area contributed by atoms with E-state index >= 15 is 0 Å². The second-order valence-corrected chi connectivity index (χ2v) is 3.89. The summed E-state index contributed by atoms with van der Waals surface area (Å²) in [5.74, 6) is 0.677. The minimum atomic E-state index is -0.0522. The van der Waals surface area contributed by atoms with Gasteiger partial charge in [-0.15, -0.1) is 0 Å². The molecule has 0 saturated heterocycles. The van der Waals surface area contributed by atoms with Crippen LogP contribution in [0.4, 0.5) is 5.82 Å². The molecule has 1 unspecified atom stereocenters. The summed E-state index contributed by atoms with van der Waals surface area (Å²) in [5.41, 5.74) is 5.83. The van der Waals surface area contributed by atoms with Crippen molar-refractivity contribution < 1.29 is 4.79 Å². The van der Waals surface area contributed by atoms with Crippen LogP contribution >= 0.6 is 0 Å². The Balaban J connectivity index is 2.55.